The van der Waals surface area contributed by atoms with Gasteiger partial charge in [-0.25, -0.2) is 0 Å². The quantitative estimate of drug-likeness (QED) is 0.588. The lowest BCUT2D eigenvalue weighted by Crippen LogP contribution is -2.19. The summed E-state index contributed by atoms with van der Waals surface area (Å²) in [6.45, 7) is 7.64. The zero-order chi connectivity index (χ0) is 19.8. The van der Waals surface area contributed by atoms with E-state index in [1.807, 2.05) is 19.1 Å². The van der Waals surface area contributed by atoms with Gasteiger partial charge < -0.3 is 4.74 Å². The van der Waals surface area contributed by atoms with Crippen LogP contribution in [0.2, 0.25) is 0 Å². The van der Waals surface area contributed by atoms with Crippen molar-refractivity contribution >= 4 is 11.5 Å². The lowest BCUT2D eigenvalue weighted by Gasteiger charge is -2.15. The molecule has 0 radical (unpaired) electrons. The van der Waals surface area contributed by atoms with Gasteiger partial charge in [-0.15, -0.1) is 0 Å². The third kappa shape index (κ3) is 6.82. The van der Waals surface area contributed by atoms with Crippen molar-refractivity contribution in [3.05, 3.63) is 71.1 Å². The van der Waals surface area contributed by atoms with Crippen LogP contribution in [0.5, 0.6) is 0 Å². The Bertz CT molecular complexity index is 806. The van der Waals surface area contributed by atoms with Gasteiger partial charge in [-0.1, -0.05) is 49.4 Å². The number of aromatic nitrogens is 1. The van der Waals surface area contributed by atoms with E-state index in [2.05, 4.69) is 48.2 Å². The maximum absolute atomic E-state index is 11.7. The largest absolute Gasteiger partial charge is 0.466 e. The van der Waals surface area contributed by atoms with Crippen molar-refractivity contribution < 1.29 is 9.53 Å². The third-order valence-corrected chi connectivity index (χ3v) is 5.09. The van der Waals surface area contributed by atoms with E-state index in [1.54, 1.807) is 0 Å². The minimum absolute atomic E-state index is 0. The van der Waals surface area contributed by atoms with E-state index in [0.29, 0.717) is 19.4 Å². The Hall–Kier alpha value is -2.46. The summed E-state index contributed by atoms with van der Waals surface area (Å²) in [5, 5.41) is 0. The van der Waals surface area contributed by atoms with Gasteiger partial charge in [0, 0.05) is 24.2 Å². The third-order valence-electron chi connectivity index (χ3n) is 5.09. The molecule has 1 saturated heterocycles. The molecular weight excluding hydrogens is 360 g/mol. The molecule has 0 N–H and O–H groups in total. The molecule has 4 heteroatoms. The monoisotopic (exact) mass is 394 g/mol. The highest BCUT2D eigenvalue weighted by Crippen LogP contribution is 2.23. The van der Waals surface area contributed by atoms with Crippen LogP contribution in [0.3, 0.4) is 0 Å². The molecule has 4 nitrogen and oxygen atoms in total. The summed E-state index contributed by atoms with van der Waals surface area (Å²) in [5.74, 6) is -0.168. The topological polar surface area (TPSA) is 42.4 Å². The Balaban J connectivity index is 0.00000300. The van der Waals surface area contributed by atoms with E-state index in [9.17, 15) is 4.79 Å². The highest BCUT2D eigenvalue weighted by Gasteiger charge is 2.13. The van der Waals surface area contributed by atoms with Gasteiger partial charge in [-0.2, -0.15) is 0 Å². The summed E-state index contributed by atoms with van der Waals surface area (Å²) in [5.41, 5.74) is 5.47. The molecule has 0 atom stereocenters. The van der Waals surface area contributed by atoms with Crippen molar-refractivity contribution in [2.45, 2.75) is 47.0 Å². The fourth-order valence-corrected chi connectivity index (χ4v) is 3.52. The molecule has 156 valence electrons. The van der Waals surface area contributed by atoms with Crippen molar-refractivity contribution in [3.63, 3.8) is 0 Å². The summed E-state index contributed by atoms with van der Waals surface area (Å²) < 4.78 is 5.03. The zero-order valence-corrected chi connectivity index (χ0v) is 17.0. The maximum atomic E-state index is 11.7. The average Bonchev–Trinajstić information content (AvgIpc) is 3.22. The summed E-state index contributed by atoms with van der Waals surface area (Å²) in [7, 11) is 0. The molecule has 3 rings (SSSR count). The number of pyridine rings is 1. The molecule has 0 unspecified atom stereocenters. The van der Waals surface area contributed by atoms with Crippen molar-refractivity contribution in [3.8, 4) is 0 Å². The smallest absolute Gasteiger partial charge is 0.306 e. The van der Waals surface area contributed by atoms with Crippen LogP contribution in [-0.4, -0.2) is 42.1 Å². The number of hydrogen-bond donors (Lipinski definition) is 0. The number of benzene rings is 1. The predicted molar refractivity (Wildman–Crippen MR) is 120 cm³/mol. The molecule has 2 aromatic rings. The highest BCUT2D eigenvalue weighted by molar-refractivity contribution is 5.78. The van der Waals surface area contributed by atoms with Crippen molar-refractivity contribution in [1.82, 2.24) is 9.88 Å². The second-order valence-electron chi connectivity index (χ2n) is 7.31. The standard InChI is InChI=1S/C24H30N2O2.CH4/c1-3-28-24(27)14-13-21-7-6-8-23(25-21)22(15-18-26-16-4-5-17-26)20-11-9-19(2)10-12-20;/h6-12,15H,3-5,13-14,16-18H2,1-2H3;1H4/b22-15+;. The first-order valence-corrected chi connectivity index (χ1v) is 10.3. The van der Waals surface area contributed by atoms with Crippen molar-refractivity contribution in [2.24, 2.45) is 0 Å². The van der Waals surface area contributed by atoms with Crippen LogP contribution in [0.1, 0.15) is 56.1 Å². The summed E-state index contributed by atoms with van der Waals surface area (Å²) >= 11 is 0. The predicted octanol–water partition coefficient (Wildman–Crippen LogP) is 5.05. The Morgan fingerprint density at radius 2 is 1.86 bits per heavy atom. The molecule has 0 amide bonds. The molecule has 0 spiro atoms. The van der Waals surface area contributed by atoms with Gasteiger partial charge in [0.25, 0.3) is 0 Å². The molecule has 1 aromatic carbocycles. The Kier molecular flexibility index (Phi) is 9.07. The molecule has 2 heterocycles. The van der Waals surface area contributed by atoms with Crippen LogP contribution in [0.25, 0.3) is 5.57 Å². The molecule has 0 saturated carbocycles. The Morgan fingerprint density at radius 3 is 2.55 bits per heavy atom. The van der Waals surface area contributed by atoms with E-state index < -0.39 is 0 Å². The minimum Gasteiger partial charge on any atom is -0.466 e. The molecule has 1 aliphatic heterocycles. The van der Waals surface area contributed by atoms with Crippen LogP contribution in [0.15, 0.2) is 48.5 Å². The lowest BCUT2D eigenvalue weighted by molar-refractivity contribution is -0.143. The Labute approximate surface area is 175 Å². The maximum Gasteiger partial charge on any atom is 0.306 e. The van der Waals surface area contributed by atoms with E-state index in [0.717, 1.165) is 23.5 Å². The highest BCUT2D eigenvalue weighted by atomic mass is 16.5. The van der Waals surface area contributed by atoms with Crippen LogP contribution >= 0.6 is 0 Å². The van der Waals surface area contributed by atoms with E-state index in [1.165, 1.54) is 37.1 Å². The molecule has 0 bridgehead atoms. The first-order valence-electron chi connectivity index (χ1n) is 10.3. The average molecular weight is 395 g/mol. The summed E-state index contributed by atoms with van der Waals surface area (Å²) in [6, 6.07) is 14.7. The molecule has 1 aromatic heterocycles. The second kappa shape index (κ2) is 11.5. The summed E-state index contributed by atoms with van der Waals surface area (Å²) in [6.07, 6.45) is 5.83. The summed E-state index contributed by atoms with van der Waals surface area (Å²) in [4.78, 5) is 19.0. The van der Waals surface area contributed by atoms with Gasteiger partial charge in [-0.3, -0.25) is 14.7 Å². The van der Waals surface area contributed by atoms with E-state index in [-0.39, 0.29) is 13.4 Å². The second-order valence-corrected chi connectivity index (χ2v) is 7.31. The number of rotatable bonds is 8. The van der Waals surface area contributed by atoms with Crippen molar-refractivity contribution in [1.29, 1.82) is 0 Å². The normalized spacial score (nSPS) is 14.5. The van der Waals surface area contributed by atoms with Gasteiger partial charge in [-0.05, 0) is 57.5 Å². The van der Waals surface area contributed by atoms with Crippen LogP contribution in [0, 0.1) is 6.92 Å². The SMILES string of the molecule is C.CCOC(=O)CCc1cccc(/C(=C/CN2CCCC2)c2ccc(C)cc2)n1. The number of likely N-dealkylation sites (tertiary alicyclic amines) is 1. The van der Waals surface area contributed by atoms with E-state index in [4.69, 9.17) is 9.72 Å². The molecule has 0 aliphatic carbocycles. The Morgan fingerprint density at radius 1 is 1.14 bits per heavy atom. The first kappa shape index (κ1) is 22.8. The number of aryl methyl sites for hydroxylation is 2. The van der Waals surface area contributed by atoms with Gasteiger partial charge in [0.05, 0.1) is 18.7 Å². The lowest BCUT2D eigenvalue weighted by atomic mass is 10.00. The fourth-order valence-electron chi connectivity index (χ4n) is 3.52. The van der Waals surface area contributed by atoms with Crippen LogP contribution < -0.4 is 0 Å². The number of carbonyl (C=O) groups is 1. The molecule has 29 heavy (non-hydrogen) atoms. The minimum atomic E-state index is -0.168. The molecular formula is C25H34N2O2. The van der Waals surface area contributed by atoms with Crippen molar-refractivity contribution in [2.75, 3.05) is 26.2 Å². The number of ether oxygens (including phenoxy) is 1. The number of hydrogen-bond acceptors (Lipinski definition) is 4. The number of nitrogens with zero attached hydrogens (tertiary/aromatic N) is 2. The van der Waals surface area contributed by atoms with Gasteiger partial charge in [0.15, 0.2) is 0 Å². The van der Waals surface area contributed by atoms with Gasteiger partial charge >= 0.3 is 5.97 Å². The molecule has 1 fully saturated rings. The number of esters is 1. The van der Waals surface area contributed by atoms with E-state index >= 15 is 0 Å². The van der Waals surface area contributed by atoms with Crippen LogP contribution in [0.4, 0.5) is 0 Å². The number of carbonyl (C=O) groups excluding carboxylic acids is 1. The molecule has 1 aliphatic rings. The van der Waals surface area contributed by atoms with Gasteiger partial charge in [0.2, 0.25) is 0 Å². The van der Waals surface area contributed by atoms with Gasteiger partial charge in [0.1, 0.15) is 0 Å². The zero-order valence-electron chi connectivity index (χ0n) is 17.0. The van der Waals surface area contributed by atoms with Crippen LogP contribution in [-0.2, 0) is 16.0 Å². The first-order chi connectivity index (χ1) is 13.7. The fraction of sp³-hybridized carbons (Fsp3) is 0.440.